The number of ether oxygens (including phenoxy) is 1. The Labute approximate surface area is 228 Å². The van der Waals surface area contributed by atoms with Gasteiger partial charge < -0.3 is 19.9 Å². The van der Waals surface area contributed by atoms with Crippen LogP contribution < -0.4 is 5.32 Å². The molecule has 204 valence electrons. The summed E-state index contributed by atoms with van der Waals surface area (Å²) in [7, 11) is 0. The summed E-state index contributed by atoms with van der Waals surface area (Å²) >= 11 is 0. The van der Waals surface area contributed by atoms with Gasteiger partial charge in [0.2, 0.25) is 11.8 Å². The topological polar surface area (TPSA) is 130 Å². The van der Waals surface area contributed by atoms with Gasteiger partial charge in [-0.15, -0.1) is 0 Å². The first kappa shape index (κ1) is 25.6. The average Bonchev–Trinajstić information content (AvgIpc) is 3.22. The second kappa shape index (κ2) is 9.24. The van der Waals surface area contributed by atoms with E-state index in [4.69, 9.17) is 4.74 Å². The number of amides is 3. The third-order valence-corrected chi connectivity index (χ3v) is 8.88. The minimum atomic E-state index is -0.910. The number of rotatable bonds is 5. The highest BCUT2D eigenvalue weighted by Gasteiger charge is 2.57. The van der Waals surface area contributed by atoms with E-state index in [9.17, 15) is 24.9 Å². The number of aryl methyl sites for hydroxylation is 1. The van der Waals surface area contributed by atoms with E-state index in [1.54, 1.807) is 25.7 Å². The monoisotopic (exact) mass is 530 g/mol. The van der Waals surface area contributed by atoms with Crippen molar-refractivity contribution in [3.63, 3.8) is 0 Å². The van der Waals surface area contributed by atoms with Gasteiger partial charge in [-0.25, -0.2) is 4.79 Å². The molecule has 3 aliphatic heterocycles. The van der Waals surface area contributed by atoms with E-state index in [1.165, 1.54) is 0 Å². The molecule has 39 heavy (non-hydrogen) atoms. The molecule has 1 aromatic carbocycles. The Balaban J connectivity index is 1.18. The maximum absolute atomic E-state index is 13.8. The molecule has 0 radical (unpaired) electrons. The molecule has 5 aliphatic rings. The number of hydrogen-bond acceptors (Lipinski definition) is 7. The zero-order valence-electron chi connectivity index (χ0n) is 22.6. The third kappa shape index (κ3) is 4.51. The van der Waals surface area contributed by atoms with Gasteiger partial charge >= 0.3 is 6.09 Å². The molecule has 4 fully saturated rings. The van der Waals surface area contributed by atoms with Gasteiger partial charge in [-0.2, -0.15) is 10.5 Å². The van der Waals surface area contributed by atoms with Gasteiger partial charge in [0.15, 0.2) is 0 Å². The molecule has 2 bridgehead atoms. The molecule has 10 heteroatoms. The Bertz CT molecular complexity index is 1310. The Kier molecular flexibility index (Phi) is 6.07. The fourth-order valence-corrected chi connectivity index (χ4v) is 7.19. The van der Waals surface area contributed by atoms with E-state index in [2.05, 4.69) is 17.5 Å². The van der Waals surface area contributed by atoms with Crippen molar-refractivity contribution in [3.8, 4) is 12.1 Å². The van der Waals surface area contributed by atoms with E-state index >= 15 is 0 Å². The van der Waals surface area contributed by atoms with Crippen LogP contribution in [0.5, 0.6) is 0 Å². The summed E-state index contributed by atoms with van der Waals surface area (Å²) in [4.78, 5) is 45.8. The van der Waals surface area contributed by atoms with Gasteiger partial charge in [-0.3, -0.25) is 14.5 Å². The zero-order chi connectivity index (χ0) is 27.6. The number of carbonyl (C=O) groups is 3. The van der Waals surface area contributed by atoms with Crippen LogP contribution in [0.2, 0.25) is 0 Å². The first-order valence-electron chi connectivity index (χ1n) is 13.9. The van der Waals surface area contributed by atoms with E-state index < -0.39 is 23.8 Å². The number of nitrogens with zero attached hydrogens (tertiary/aromatic N) is 5. The second-order valence-electron chi connectivity index (χ2n) is 12.6. The fourth-order valence-electron chi connectivity index (χ4n) is 7.19. The van der Waals surface area contributed by atoms with Crippen LogP contribution in [0.25, 0.3) is 0 Å². The molecule has 3 amide bonds. The van der Waals surface area contributed by atoms with Gasteiger partial charge in [0.25, 0.3) is 0 Å². The summed E-state index contributed by atoms with van der Waals surface area (Å²) in [6, 6.07) is 8.50. The number of piperazine rings is 1. The number of likely N-dealkylation sites (tertiary alicyclic amines) is 3. The number of hydrogen-bond donors (Lipinski definition) is 1. The Morgan fingerprint density at radius 2 is 1.97 bits per heavy atom. The van der Waals surface area contributed by atoms with Crippen molar-refractivity contribution in [2.45, 2.75) is 94.7 Å². The van der Waals surface area contributed by atoms with Crippen molar-refractivity contribution in [3.05, 3.63) is 34.9 Å². The normalized spacial score (nSPS) is 31.4. The number of alkyl carbamates (subject to hydrolysis) is 1. The first-order chi connectivity index (χ1) is 18.6. The first-order valence-corrected chi connectivity index (χ1v) is 13.9. The lowest BCUT2D eigenvalue weighted by atomic mass is 10.0. The van der Waals surface area contributed by atoms with Crippen LogP contribution in [-0.4, -0.2) is 81.5 Å². The molecule has 10 nitrogen and oxygen atoms in total. The lowest BCUT2D eigenvalue weighted by Gasteiger charge is -2.39. The number of fused-ring (bicyclic) bond motifs is 4. The molecule has 1 N–H and O–H groups in total. The molecule has 3 heterocycles. The van der Waals surface area contributed by atoms with Crippen LogP contribution in [0, 0.1) is 28.6 Å². The highest BCUT2D eigenvalue weighted by Crippen LogP contribution is 2.48. The molecule has 3 saturated heterocycles. The van der Waals surface area contributed by atoms with Crippen LogP contribution in [0.1, 0.15) is 69.2 Å². The largest absolute Gasteiger partial charge is 0.444 e. The van der Waals surface area contributed by atoms with Crippen molar-refractivity contribution in [2.24, 2.45) is 5.92 Å². The lowest BCUT2D eigenvalue weighted by Crippen LogP contribution is -2.59. The quantitative estimate of drug-likeness (QED) is 0.618. The lowest BCUT2D eigenvalue weighted by molar-refractivity contribution is -0.141. The third-order valence-electron chi connectivity index (χ3n) is 8.88. The van der Waals surface area contributed by atoms with Gasteiger partial charge in [0.05, 0.1) is 29.8 Å². The molecular weight excluding hydrogens is 496 g/mol. The smallest absolute Gasteiger partial charge is 0.408 e. The minimum Gasteiger partial charge on any atom is -0.444 e. The van der Waals surface area contributed by atoms with E-state index in [0.717, 1.165) is 30.4 Å². The van der Waals surface area contributed by atoms with Crippen molar-refractivity contribution in [2.75, 3.05) is 13.1 Å². The predicted octanol–water partition coefficient (Wildman–Crippen LogP) is 2.24. The van der Waals surface area contributed by atoms with Crippen LogP contribution in [0.4, 0.5) is 4.79 Å². The van der Waals surface area contributed by atoms with Gasteiger partial charge in [-0.1, -0.05) is 6.07 Å². The maximum Gasteiger partial charge on any atom is 0.408 e. The number of piperidine rings is 1. The number of nitrogens with one attached hydrogen (secondary N) is 1. The molecule has 6 unspecified atom stereocenters. The van der Waals surface area contributed by atoms with E-state index in [1.807, 2.05) is 28.0 Å². The molecular formula is C29H34N6O4. The van der Waals surface area contributed by atoms with Crippen molar-refractivity contribution < 1.29 is 19.1 Å². The predicted molar refractivity (Wildman–Crippen MR) is 139 cm³/mol. The van der Waals surface area contributed by atoms with Gasteiger partial charge in [0, 0.05) is 25.2 Å². The van der Waals surface area contributed by atoms with Crippen LogP contribution in [0.3, 0.4) is 0 Å². The van der Waals surface area contributed by atoms with Gasteiger partial charge in [-0.05, 0) is 82.1 Å². The van der Waals surface area contributed by atoms with Crippen molar-refractivity contribution in [1.29, 1.82) is 10.5 Å². The van der Waals surface area contributed by atoms with Crippen LogP contribution in [0.15, 0.2) is 18.2 Å². The summed E-state index contributed by atoms with van der Waals surface area (Å²) in [5.74, 6) is 0.134. The summed E-state index contributed by atoms with van der Waals surface area (Å²) in [6.45, 7) is 6.10. The molecule has 0 aromatic heterocycles. The Hall–Kier alpha value is -3.63. The average molecular weight is 531 g/mol. The fraction of sp³-hybridized carbons (Fsp3) is 0.621. The SMILES string of the molecule is CC(C)(C)OC(=O)NC(CN1C[C@@H]2CC1C(=O)N2C1CCc2cc(C#N)ccc21)C(=O)N1C(C#N)CC2CC21. The molecule has 6 rings (SSSR count). The number of nitriles is 2. The number of carbonyl (C=O) groups excluding carboxylic acids is 3. The van der Waals surface area contributed by atoms with Crippen molar-refractivity contribution >= 4 is 17.9 Å². The summed E-state index contributed by atoms with van der Waals surface area (Å²) in [6.07, 6.45) is 3.25. The Morgan fingerprint density at radius 3 is 2.67 bits per heavy atom. The molecule has 7 atom stereocenters. The van der Waals surface area contributed by atoms with Crippen molar-refractivity contribution in [1.82, 2.24) is 20.0 Å². The van der Waals surface area contributed by atoms with Crippen LogP contribution in [-0.2, 0) is 20.7 Å². The molecule has 0 spiro atoms. The van der Waals surface area contributed by atoms with Gasteiger partial charge in [0.1, 0.15) is 17.7 Å². The zero-order valence-corrected chi connectivity index (χ0v) is 22.6. The maximum atomic E-state index is 13.8. The molecule has 1 saturated carbocycles. The highest BCUT2D eigenvalue weighted by molar-refractivity contribution is 5.89. The Morgan fingerprint density at radius 1 is 1.18 bits per heavy atom. The van der Waals surface area contributed by atoms with E-state index in [0.29, 0.717) is 30.9 Å². The minimum absolute atomic E-state index is 0.00231. The summed E-state index contributed by atoms with van der Waals surface area (Å²) in [5.41, 5.74) is 2.17. The number of benzene rings is 1. The molecule has 2 aliphatic carbocycles. The summed E-state index contributed by atoms with van der Waals surface area (Å²) < 4.78 is 5.45. The molecule has 1 aromatic rings. The van der Waals surface area contributed by atoms with Crippen LogP contribution >= 0.6 is 0 Å². The second-order valence-corrected chi connectivity index (χ2v) is 12.6. The standard InChI is InChI=1S/C29H34N6O4/c1-29(2,3)39-28(38)32-22(26(36)34-19(13-31)9-18-10-24(18)34)15-33-14-20-11-25(33)27(37)35(20)23-7-5-17-8-16(12-30)4-6-21(17)23/h4,6,8,18-20,22-25H,5,7,9-11,14-15H2,1-3H3,(H,32,38)/t18?,19?,20-,22?,23?,24?,25?/m0/s1. The highest BCUT2D eigenvalue weighted by atomic mass is 16.6. The summed E-state index contributed by atoms with van der Waals surface area (Å²) in [5, 5.41) is 21.7. The van der Waals surface area contributed by atoms with E-state index in [-0.39, 0.29) is 42.5 Å².